The minimum Gasteiger partial charge on any atom is -0.350 e. The predicted octanol–water partition coefficient (Wildman–Crippen LogP) is 3.65. The highest BCUT2D eigenvalue weighted by Gasteiger charge is 2.10. The van der Waals surface area contributed by atoms with E-state index in [4.69, 9.17) is 6.42 Å². The fourth-order valence-corrected chi connectivity index (χ4v) is 3.78. The molecule has 1 amide bonds. The second-order valence-electron chi connectivity index (χ2n) is 6.40. The van der Waals surface area contributed by atoms with Crippen molar-refractivity contribution in [2.45, 2.75) is 6.42 Å². The number of carbonyl (C=O) groups is 1. The van der Waals surface area contributed by atoms with Crippen LogP contribution in [0.4, 0.5) is 0 Å². The van der Waals surface area contributed by atoms with Gasteiger partial charge in [0.05, 0.1) is 11.7 Å². The van der Waals surface area contributed by atoms with Crippen LogP contribution >= 0.6 is 11.3 Å². The normalized spacial score (nSPS) is 10.7. The van der Waals surface area contributed by atoms with E-state index in [1.165, 1.54) is 11.3 Å². The molecule has 0 unspecified atom stereocenters. The lowest BCUT2D eigenvalue weighted by Gasteiger charge is -2.08. The molecule has 1 N–H and O–H groups in total. The zero-order valence-corrected chi connectivity index (χ0v) is 16.2. The van der Waals surface area contributed by atoms with E-state index >= 15 is 0 Å². The molecule has 2 aromatic carbocycles. The summed E-state index contributed by atoms with van der Waals surface area (Å²) in [6.45, 7) is 0.530. The molecule has 0 spiro atoms. The molecule has 0 saturated heterocycles. The molecule has 0 bridgehead atoms. The van der Waals surface area contributed by atoms with Gasteiger partial charge in [0.15, 0.2) is 5.01 Å². The number of nitrogens with zero attached hydrogens (tertiary/aromatic N) is 3. The van der Waals surface area contributed by atoms with Crippen LogP contribution in [-0.2, 0) is 13.5 Å². The quantitative estimate of drug-likeness (QED) is 0.533. The molecular weight excluding hydrogens is 368 g/mol. The first-order chi connectivity index (χ1) is 13.7. The minimum atomic E-state index is -0.200. The number of terminal acetylenes is 1. The first kappa shape index (κ1) is 18.0. The average Bonchev–Trinajstić information content (AvgIpc) is 3.35. The highest BCUT2D eigenvalue weighted by atomic mass is 32.1. The molecule has 4 aromatic rings. The molecule has 28 heavy (non-hydrogen) atoms. The van der Waals surface area contributed by atoms with Gasteiger partial charge in [-0.25, -0.2) is 4.98 Å². The van der Waals surface area contributed by atoms with Crippen molar-refractivity contribution in [3.63, 3.8) is 0 Å². The van der Waals surface area contributed by atoms with E-state index < -0.39 is 0 Å². The Morgan fingerprint density at radius 2 is 2.14 bits per heavy atom. The van der Waals surface area contributed by atoms with Crippen molar-refractivity contribution < 1.29 is 4.79 Å². The van der Waals surface area contributed by atoms with Crippen LogP contribution in [0.25, 0.3) is 22.0 Å². The van der Waals surface area contributed by atoms with Crippen molar-refractivity contribution in [3.05, 3.63) is 70.3 Å². The number of carbonyl (C=O) groups excluding carboxylic acids is 1. The van der Waals surface area contributed by atoms with Crippen LogP contribution in [0.3, 0.4) is 0 Å². The number of nitrogens with one attached hydrogen (secondary N) is 1. The Kier molecular flexibility index (Phi) is 4.92. The summed E-state index contributed by atoms with van der Waals surface area (Å²) in [5.74, 6) is 2.24. The third-order valence-corrected chi connectivity index (χ3v) is 5.36. The number of hydrogen-bond donors (Lipinski definition) is 1. The molecule has 0 fully saturated rings. The van der Waals surface area contributed by atoms with E-state index in [2.05, 4.69) is 51.7 Å². The third kappa shape index (κ3) is 3.53. The summed E-state index contributed by atoms with van der Waals surface area (Å²) in [7, 11) is 1.94. The Labute approximate surface area is 167 Å². The lowest BCUT2D eigenvalue weighted by molar-refractivity contribution is 0.0950. The largest absolute Gasteiger partial charge is 0.350 e. The van der Waals surface area contributed by atoms with Crippen LogP contribution in [0.5, 0.6) is 0 Å². The Hall–Kier alpha value is -3.43. The average molecular weight is 386 g/mol. The highest BCUT2D eigenvalue weighted by Crippen LogP contribution is 2.28. The molecule has 0 aliphatic heterocycles. The molecule has 4 rings (SSSR count). The molecule has 0 saturated carbocycles. The fourth-order valence-electron chi connectivity index (χ4n) is 3.18. The zero-order valence-electron chi connectivity index (χ0n) is 15.3. The highest BCUT2D eigenvalue weighted by molar-refractivity contribution is 7.10. The number of thiazole rings is 1. The molecule has 5 nitrogen and oxygen atoms in total. The fraction of sp³-hybridized carbons (Fsp3) is 0.136. The van der Waals surface area contributed by atoms with Crippen molar-refractivity contribution in [1.29, 1.82) is 0 Å². The molecule has 6 heteroatoms. The van der Waals surface area contributed by atoms with E-state index in [9.17, 15) is 4.79 Å². The number of aryl methyl sites for hydroxylation is 1. The number of aromatic nitrogens is 3. The molecule has 0 aliphatic rings. The summed E-state index contributed by atoms with van der Waals surface area (Å²) in [5, 5.41) is 10.6. The van der Waals surface area contributed by atoms with Crippen LogP contribution in [0.15, 0.2) is 54.0 Å². The summed E-state index contributed by atoms with van der Waals surface area (Å²) in [6.07, 6.45) is 7.93. The standard InChI is InChI=1S/C22H18N4OS/c1-3-21-25-19(14-28-21)22(27)23-11-10-15-6-4-7-16(12-15)17-8-5-9-20-18(17)13-24-26(20)2/h1,4-9,12-14H,10-11H2,2H3,(H,23,27). The predicted molar refractivity (Wildman–Crippen MR) is 112 cm³/mol. The van der Waals surface area contributed by atoms with Crippen LogP contribution in [-0.4, -0.2) is 27.2 Å². The van der Waals surface area contributed by atoms with Crippen LogP contribution in [0.2, 0.25) is 0 Å². The molecule has 2 aromatic heterocycles. The second-order valence-corrected chi connectivity index (χ2v) is 7.25. The maximum absolute atomic E-state index is 12.2. The Balaban J connectivity index is 1.47. The first-order valence-electron chi connectivity index (χ1n) is 8.86. The summed E-state index contributed by atoms with van der Waals surface area (Å²) >= 11 is 1.29. The van der Waals surface area contributed by atoms with Crippen LogP contribution in [0, 0.1) is 12.3 Å². The van der Waals surface area contributed by atoms with Gasteiger partial charge in [-0.2, -0.15) is 5.10 Å². The maximum Gasteiger partial charge on any atom is 0.270 e. The number of hydrogen-bond acceptors (Lipinski definition) is 4. The Morgan fingerprint density at radius 1 is 1.29 bits per heavy atom. The maximum atomic E-state index is 12.2. The van der Waals surface area contributed by atoms with Gasteiger partial charge in [0, 0.05) is 24.4 Å². The Morgan fingerprint density at radius 3 is 2.96 bits per heavy atom. The number of rotatable bonds is 5. The lowest BCUT2D eigenvalue weighted by atomic mass is 9.99. The van der Waals surface area contributed by atoms with Crippen molar-refractivity contribution >= 4 is 28.1 Å². The van der Waals surface area contributed by atoms with Gasteiger partial charge in [0.1, 0.15) is 5.69 Å². The minimum absolute atomic E-state index is 0.200. The van der Waals surface area contributed by atoms with Gasteiger partial charge >= 0.3 is 0 Å². The summed E-state index contributed by atoms with van der Waals surface area (Å²) in [6, 6.07) is 14.6. The zero-order chi connectivity index (χ0) is 19.5. The van der Waals surface area contributed by atoms with Gasteiger partial charge in [-0.05, 0) is 35.1 Å². The number of benzene rings is 2. The van der Waals surface area contributed by atoms with Gasteiger partial charge in [-0.1, -0.05) is 36.4 Å². The van der Waals surface area contributed by atoms with Crippen molar-refractivity contribution in [3.8, 4) is 23.5 Å². The molecule has 0 radical (unpaired) electrons. The number of amides is 1. The molecule has 138 valence electrons. The van der Waals surface area contributed by atoms with E-state index in [1.807, 2.05) is 30.1 Å². The van der Waals surface area contributed by atoms with E-state index in [-0.39, 0.29) is 5.91 Å². The van der Waals surface area contributed by atoms with Crippen LogP contribution in [0.1, 0.15) is 21.1 Å². The van der Waals surface area contributed by atoms with Gasteiger partial charge < -0.3 is 5.32 Å². The molecule has 2 heterocycles. The molecular formula is C22H18N4OS. The second kappa shape index (κ2) is 7.67. The topological polar surface area (TPSA) is 59.8 Å². The van der Waals surface area contributed by atoms with E-state index in [1.54, 1.807) is 5.38 Å². The van der Waals surface area contributed by atoms with Gasteiger partial charge in [0.25, 0.3) is 5.91 Å². The third-order valence-electron chi connectivity index (χ3n) is 4.59. The van der Waals surface area contributed by atoms with Gasteiger partial charge in [-0.15, -0.1) is 17.8 Å². The Bertz CT molecular complexity index is 1200. The summed E-state index contributed by atoms with van der Waals surface area (Å²) < 4.78 is 1.88. The lowest BCUT2D eigenvalue weighted by Crippen LogP contribution is -2.26. The van der Waals surface area contributed by atoms with Crippen molar-refractivity contribution in [1.82, 2.24) is 20.1 Å². The first-order valence-corrected chi connectivity index (χ1v) is 9.74. The van der Waals surface area contributed by atoms with Crippen molar-refractivity contribution in [2.24, 2.45) is 7.05 Å². The summed E-state index contributed by atoms with van der Waals surface area (Å²) in [4.78, 5) is 16.3. The van der Waals surface area contributed by atoms with Gasteiger partial charge in [0.2, 0.25) is 0 Å². The molecule has 0 aliphatic carbocycles. The van der Waals surface area contributed by atoms with Gasteiger partial charge in [-0.3, -0.25) is 9.48 Å². The van der Waals surface area contributed by atoms with Crippen LogP contribution < -0.4 is 5.32 Å². The molecule has 0 atom stereocenters. The van der Waals surface area contributed by atoms with Crippen molar-refractivity contribution in [2.75, 3.05) is 6.54 Å². The summed E-state index contributed by atoms with van der Waals surface area (Å²) in [5.41, 5.74) is 4.92. The SMILES string of the molecule is C#Cc1nc(C(=O)NCCc2cccc(-c3cccc4c3cnn4C)c2)cs1. The smallest absolute Gasteiger partial charge is 0.270 e. The van der Waals surface area contributed by atoms with E-state index in [0.29, 0.717) is 17.2 Å². The number of fused-ring (bicyclic) bond motifs is 1. The van der Waals surface area contributed by atoms with E-state index in [0.717, 1.165) is 34.0 Å². The monoisotopic (exact) mass is 386 g/mol.